The van der Waals surface area contributed by atoms with E-state index < -0.39 is 17.4 Å². The average molecular weight is 250 g/mol. The second-order valence-electron chi connectivity index (χ2n) is 4.17. The predicted octanol–water partition coefficient (Wildman–Crippen LogP) is 2.37. The Morgan fingerprint density at radius 2 is 1.89 bits per heavy atom. The van der Waals surface area contributed by atoms with Gasteiger partial charge in [-0.1, -0.05) is 50.1 Å². The van der Waals surface area contributed by atoms with Gasteiger partial charge in [0.15, 0.2) is 5.41 Å². The number of methoxy groups -OCH3 is 1. The zero-order chi connectivity index (χ0) is 13.6. The van der Waals surface area contributed by atoms with Crippen molar-refractivity contribution in [1.29, 1.82) is 0 Å². The van der Waals surface area contributed by atoms with E-state index >= 15 is 0 Å². The maximum absolute atomic E-state index is 12.0. The number of ether oxygens (including phenoxy) is 1. The molecule has 0 saturated carbocycles. The summed E-state index contributed by atoms with van der Waals surface area (Å²) < 4.78 is 4.71. The fourth-order valence-electron chi connectivity index (χ4n) is 2.02. The van der Waals surface area contributed by atoms with Gasteiger partial charge < -0.3 is 9.84 Å². The van der Waals surface area contributed by atoms with Crippen molar-refractivity contribution < 1.29 is 19.4 Å². The smallest absolute Gasteiger partial charge is 0.327 e. The minimum atomic E-state index is -1.59. The lowest BCUT2D eigenvalue weighted by Gasteiger charge is -2.26. The molecule has 1 aromatic carbocycles. The quantitative estimate of drug-likeness (QED) is 0.622. The molecular formula is C14H18O4. The first-order valence-electron chi connectivity index (χ1n) is 5.97. The van der Waals surface area contributed by atoms with Crippen molar-refractivity contribution in [1.82, 2.24) is 0 Å². The third kappa shape index (κ3) is 2.53. The first kappa shape index (κ1) is 14.2. The molecule has 0 heterocycles. The lowest BCUT2D eigenvalue weighted by atomic mass is 9.76. The second kappa shape index (κ2) is 6.19. The van der Waals surface area contributed by atoms with E-state index in [1.54, 1.807) is 30.3 Å². The molecular weight excluding hydrogens is 232 g/mol. The van der Waals surface area contributed by atoms with E-state index in [1.165, 1.54) is 7.11 Å². The number of esters is 1. The Hall–Kier alpha value is -1.84. The summed E-state index contributed by atoms with van der Waals surface area (Å²) in [6.45, 7) is 1.95. The Morgan fingerprint density at radius 1 is 1.28 bits per heavy atom. The van der Waals surface area contributed by atoms with Crippen molar-refractivity contribution in [2.24, 2.45) is 0 Å². The van der Waals surface area contributed by atoms with Crippen molar-refractivity contribution in [3.63, 3.8) is 0 Å². The minimum absolute atomic E-state index is 0.246. The summed E-state index contributed by atoms with van der Waals surface area (Å²) in [6, 6.07) is 8.54. The number of rotatable bonds is 6. The van der Waals surface area contributed by atoms with Gasteiger partial charge in [0.2, 0.25) is 0 Å². The summed E-state index contributed by atoms with van der Waals surface area (Å²) in [4.78, 5) is 23.6. The fourth-order valence-corrected chi connectivity index (χ4v) is 2.02. The van der Waals surface area contributed by atoms with E-state index in [9.17, 15) is 14.7 Å². The number of carboxylic acid groups (broad SMARTS) is 1. The molecule has 0 saturated heterocycles. The number of carbonyl (C=O) groups is 2. The van der Waals surface area contributed by atoms with E-state index in [1.807, 2.05) is 6.92 Å². The molecule has 98 valence electrons. The van der Waals surface area contributed by atoms with Crippen LogP contribution in [0.15, 0.2) is 30.3 Å². The lowest BCUT2D eigenvalue weighted by molar-refractivity contribution is -0.160. The molecule has 4 heteroatoms. The zero-order valence-corrected chi connectivity index (χ0v) is 10.7. The van der Waals surface area contributed by atoms with Crippen LogP contribution in [0.1, 0.15) is 31.7 Å². The van der Waals surface area contributed by atoms with Crippen LogP contribution in [0.4, 0.5) is 0 Å². The first-order valence-corrected chi connectivity index (χ1v) is 5.97. The molecule has 1 N–H and O–H groups in total. The second-order valence-corrected chi connectivity index (χ2v) is 4.17. The van der Waals surface area contributed by atoms with Gasteiger partial charge in [-0.05, 0) is 12.0 Å². The van der Waals surface area contributed by atoms with Gasteiger partial charge in [-0.25, -0.2) is 0 Å². The Labute approximate surface area is 107 Å². The van der Waals surface area contributed by atoms with Gasteiger partial charge >= 0.3 is 11.9 Å². The number of hydrogen-bond donors (Lipinski definition) is 1. The number of unbranched alkanes of at least 4 members (excludes halogenated alkanes) is 1. The number of carboxylic acids is 1. The maximum Gasteiger partial charge on any atom is 0.327 e. The highest BCUT2D eigenvalue weighted by Gasteiger charge is 2.48. The molecule has 0 bridgehead atoms. The molecule has 1 aromatic rings. The van der Waals surface area contributed by atoms with Crippen molar-refractivity contribution in [2.45, 2.75) is 31.6 Å². The molecule has 4 nitrogen and oxygen atoms in total. The van der Waals surface area contributed by atoms with Gasteiger partial charge in [-0.2, -0.15) is 0 Å². The topological polar surface area (TPSA) is 63.6 Å². The van der Waals surface area contributed by atoms with Crippen LogP contribution in [-0.2, 0) is 19.7 Å². The van der Waals surface area contributed by atoms with Crippen LogP contribution < -0.4 is 0 Å². The maximum atomic E-state index is 12.0. The highest BCUT2D eigenvalue weighted by atomic mass is 16.5. The molecule has 0 aliphatic heterocycles. The molecule has 0 aliphatic rings. The summed E-state index contributed by atoms with van der Waals surface area (Å²) in [6.07, 6.45) is 1.71. The highest BCUT2D eigenvalue weighted by Crippen LogP contribution is 2.32. The summed E-state index contributed by atoms with van der Waals surface area (Å²) in [5.41, 5.74) is -1.12. The van der Waals surface area contributed by atoms with Crippen molar-refractivity contribution >= 4 is 11.9 Å². The molecule has 0 unspecified atom stereocenters. The number of carbonyl (C=O) groups excluding carboxylic acids is 1. The normalized spacial score (nSPS) is 13.7. The lowest BCUT2D eigenvalue weighted by Crippen LogP contribution is -2.44. The van der Waals surface area contributed by atoms with Crippen LogP contribution >= 0.6 is 0 Å². The molecule has 18 heavy (non-hydrogen) atoms. The molecule has 1 atom stereocenters. The number of benzene rings is 1. The first-order chi connectivity index (χ1) is 8.59. The van der Waals surface area contributed by atoms with E-state index in [2.05, 4.69) is 0 Å². The Morgan fingerprint density at radius 3 is 2.33 bits per heavy atom. The van der Waals surface area contributed by atoms with E-state index in [4.69, 9.17) is 4.74 Å². The summed E-state index contributed by atoms with van der Waals surface area (Å²) in [5.74, 6) is -1.87. The van der Waals surface area contributed by atoms with Crippen LogP contribution in [-0.4, -0.2) is 24.2 Å². The van der Waals surface area contributed by atoms with Gasteiger partial charge in [0, 0.05) is 0 Å². The van der Waals surface area contributed by atoms with E-state index in [0.29, 0.717) is 12.0 Å². The Bertz CT molecular complexity index is 413. The molecule has 0 fully saturated rings. The Balaban J connectivity index is 3.29. The predicted molar refractivity (Wildman–Crippen MR) is 67.3 cm³/mol. The molecule has 0 radical (unpaired) electrons. The van der Waals surface area contributed by atoms with Crippen molar-refractivity contribution in [3.8, 4) is 0 Å². The summed E-state index contributed by atoms with van der Waals surface area (Å²) >= 11 is 0. The van der Waals surface area contributed by atoms with Gasteiger partial charge in [-0.3, -0.25) is 9.59 Å². The van der Waals surface area contributed by atoms with Crippen LogP contribution in [0.2, 0.25) is 0 Å². The zero-order valence-electron chi connectivity index (χ0n) is 10.7. The van der Waals surface area contributed by atoms with Crippen LogP contribution in [0.25, 0.3) is 0 Å². The SMILES string of the molecule is CCCC[C@@](C(=O)O)(C(=O)OC)c1ccccc1. The third-order valence-corrected chi connectivity index (χ3v) is 3.07. The minimum Gasteiger partial charge on any atom is -0.480 e. The molecule has 0 aliphatic carbocycles. The average Bonchev–Trinajstić information content (AvgIpc) is 2.40. The summed E-state index contributed by atoms with van der Waals surface area (Å²) in [7, 11) is 1.22. The number of hydrogen-bond acceptors (Lipinski definition) is 3. The van der Waals surface area contributed by atoms with Gasteiger partial charge in [0.1, 0.15) is 0 Å². The van der Waals surface area contributed by atoms with Crippen LogP contribution in [0, 0.1) is 0 Å². The van der Waals surface area contributed by atoms with Gasteiger partial charge in [0.25, 0.3) is 0 Å². The molecule has 0 aromatic heterocycles. The van der Waals surface area contributed by atoms with E-state index in [-0.39, 0.29) is 6.42 Å². The monoisotopic (exact) mass is 250 g/mol. The van der Waals surface area contributed by atoms with Gasteiger partial charge in [0.05, 0.1) is 7.11 Å². The van der Waals surface area contributed by atoms with E-state index in [0.717, 1.165) is 6.42 Å². The molecule has 0 spiro atoms. The fraction of sp³-hybridized carbons (Fsp3) is 0.429. The number of aliphatic carboxylic acids is 1. The molecule has 0 amide bonds. The largest absolute Gasteiger partial charge is 0.480 e. The van der Waals surface area contributed by atoms with Crippen LogP contribution in [0.5, 0.6) is 0 Å². The van der Waals surface area contributed by atoms with Crippen molar-refractivity contribution in [2.75, 3.05) is 7.11 Å². The molecule has 1 rings (SSSR count). The van der Waals surface area contributed by atoms with Gasteiger partial charge in [-0.15, -0.1) is 0 Å². The summed E-state index contributed by atoms with van der Waals surface area (Å²) in [5, 5.41) is 9.50. The highest BCUT2D eigenvalue weighted by molar-refractivity contribution is 6.05. The third-order valence-electron chi connectivity index (χ3n) is 3.07. The Kier molecular flexibility index (Phi) is 4.89. The standard InChI is InChI=1S/C14H18O4/c1-3-4-10-14(12(15)16,13(17)18-2)11-8-6-5-7-9-11/h5-9H,3-4,10H2,1-2H3,(H,15,16)/t14-/m1/s1. The van der Waals surface area contributed by atoms with Crippen molar-refractivity contribution in [3.05, 3.63) is 35.9 Å². The van der Waals surface area contributed by atoms with Crippen LogP contribution in [0.3, 0.4) is 0 Å².